The van der Waals surface area contributed by atoms with Crippen molar-refractivity contribution in [1.82, 2.24) is 5.32 Å². The van der Waals surface area contributed by atoms with Gasteiger partial charge in [-0.05, 0) is 26.0 Å². The number of ether oxygens (including phenoxy) is 1. The van der Waals surface area contributed by atoms with E-state index in [1.807, 2.05) is 0 Å². The first kappa shape index (κ1) is 17.7. The molecule has 0 fully saturated rings. The van der Waals surface area contributed by atoms with Crippen LogP contribution in [0.4, 0.5) is 4.39 Å². The number of carbonyl (C=O) groups is 2. The molecule has 1 amide bonds. The molecule has 2 atom stereocenters. The molecule has 0 bridgehead atoms. The molecule has 1 aliphatic rings. The Morgan fingerprint density at radius 3 is 2.48 bits per heavy atom. The summed E-state index contributed by atoms with van der Waals surface area (Å²) in [4.78, 5) is 23.8. The Balaban J connectivity index is 2.98. The van der Waals surface area contributed by atoms with Crippen LogP contribution in [0, 0.1) is 5.41 Å². The number of halogens is 2. The van der Waals surface area contributed by atoms with Crippen molar-refractivity contribution >= 4 is 23.5 Å². The molecule has 0 radical (unpaired) electrons. The zero-order valence-electron chi connectivity index (χ0n) is 12.9. The molecule has 21 heavy (non-hydrogen) atoms. The van der Waals surface area contributed by atoms with E-state index in [0.29, 0.717) is 0 Å². The highest BCUT2D eigenvalue weighted by atomic mass is 35.5. The Kier molecular flexibility index (Phi) is 5.20. The quantitative estimate of drug-likeness (QED) is 0.643. The number of allylic oxidation sites excluding steroid dienone is 2. The van der Waals surface area contributed by atoms with Gasteiger partial charge in [-0.1, -0.05) is 26.8 Å². The molecule has 0 saturated heterocycles. The van der Waals surface area contributed by atoms with Crippen LogP contribution in [-0.4, -0.2) is 29.0 Å². The smallest absolute Gasteiger partial charge is 0.350 e. The number of alkyl halides is 2. The van der Waals surface area contributed by atoms with Crippen LogP contribution >= 0.6 is 11.6 Å². The van der Waals surface area contributed by atoms with E-state index in [2.05, 4.69) is 5.32 Å². The van der Waals surface area contributed by atoms with Crippen molar-refractivity contribution < 1.29 is 18.7 Å². The number of esters is 1. The van der Waals surface area contributed by atoms with E-state index in [9.17, 15) is 14.0 Å². The molecule has 1 N–H and O–H groups in total. The molecule has 1 aliphatic carbocycles. The van der Waals surface area contributed by atoms with E-state index in [4.69, 9.17) is 16.3 Å². The van der Waals surface area contributed by atoms with Crippen molar-refractivity contribution in [1.29, 1.82) is 0 Å². The number of hydrogen-bond acceptors (Lipinski definition) is 3. The van der Waals surface area contributed by atoms with Crippen molar-refractivity contribution in [2.75, 3.05) is 0 Å². The minimum absolute atomic E-state index is 0.190. The predicted octanol–water partition coefficient (Wildman–Crippen LogP) is 2.87. The lowest BCUT2D eigenvalue weighted by molar-refractivity contribution is -0.158. The Morgan fingerprint density at radius 1 is 1.43 bits per heavy atom. The third-order valence-electron chi connectivity index (χ3n) is 2.81. The number of carbonyl (C=O) groups excluding carboxylic acids is 2. The summed E-state index contributed by atoms with van der Waals surface area (Å²) in [5.41, 5.74) is -2.94. The second kappa shape index (κ2) is 6.18. The monoisotopic (exact) mass is 317 g/mol. The molecular formula is C15H21ClFNO3. The summed E-state index contributed by atoms with van der Waals surface area (Å²) in [6.07, 6.45) is 3.34. The van der Waals surface area contributed by atoms with E-state index in [-0.39, 0.29) is 11.6 Å². The lowest BCUT2D eigenvalue weighted by atomic mass is 9.93. The normalized spacial score (nSPS) is 25.5. The Hall–Kier alpha value is -1.36. The number of rotatable bonds is 3. The van der Waals surface area contributed by atoms with Gasteiger partial charge in [-0.25, -0.2) is 9.18 Å². The summed E-state index contributed by atoms with van der Waals surface area (Å²) >= 11 is 5.87. The van der Waals surface area contributed by atoms with Crippen LogP contribution in [-0.2, 0) is 14.3 Å². The van der Waals surface area contributed by atoms with Crippen molar-refractivity contribution in [3.63, 3.8) is 0 Å². The summed E-state index contributed by atoms with van der Waals surface area (Å²) in [5.74, 6) is -1.35. The average Bonchev–Trinajstić information content (AvgIpc) is 2.31. The third-order valence-corrected chi connectivity index (χ3v) is 3.27. The summed E-state index contributed by atoms with van der Waals surface area (Å²) in [5, 5.41) is 1.39. The van der Waals surface area contributed by atoms with Gasteiger partial charge in [0, 0.05) is 11.1 Å². The number of amides is 1. The van der Waals surface area contributed by atoms with Gasteiger partial charge < -0.3 is 10.1 Å². The molecule has 0 aromatic heterocycles. The molecule has 4 nitrogen and oxygen atoms in total. The summed E-state index contributed by atoms with van der Waals surface area (Å²) in [6, 6.07) is 0. The van der Waals surface area contributed by atoms with E-state index in [1.165, 1.54) is 12.2 Å². The lowest BCUT2D eigenvalue weighted by Crippen LogP contribution is -2.45. The van der Waals surface area contributed by atoms with Gasteiger partial charge in [-0.15, -0.1) is 11.6 Å². The fourth-order valence-corrected chi connectivity index (χ4v) is 1.78. The topological polar surface area (TPSA) is 55.4 Å². The maximum Gasteiger partial charge on any atom is 0.350 e. The first-order chi connectivity index (χ1) is 9.46. The lowest BCUT2D eigenvalue weighted by Gasteiger charge is -2.28. The van der Waals surface area contributed by atoms with E-state index >= 15 is 0 Å². The number of hydrogen-bond donors (Lipinski definition) is 1. The Morgan fingerprint density at radius 2 is 2.00 bits per heavy atom. The largest absolute Gasteiger partial charge is 0.460 e. The standard InChI is InChI=1S/C15H21ClFNO3/c1-9(2)21-13(20)15(17)8-10(6-7-11(15)16)18-12(19)14(3,4)5/h6-9,11H,1-5H3,(H,18,19). The van der Waals surface area contributed by atoms with Gasteiger partial charge in [0.15, 0.2) is 0 Å². The van der Waals surface area contributed by atoms with Crippen LogP contribution < -0.4 is 5.32 Å². The van der Waals surface area contributed by atoms with E-state index in [1.54, 1.807) is 34.6 Å². The molecule has 0 aromatic rings. The van der Waals surface area contributed by atoms with Crippen molar-refractivity contribution in [3.8, 4) is 0 Å². The highest BCUT2D eigenvalue weighted by molar-refractivity contribution is 6.25. The second-order valence-corrected chi connectivity index (χ2v) is 6.76. The summed E-state index contributed by atoms with van der Waals surface area (Å²) in [7, 11) is 0. The maximum absolute atomic E-state index is 14.8. The van der Waals surface area contributed by atoms with Crippen LogP contribution in [0.1, 0.15) is 34.6 Å². The van der Waals surface area contributed by atoms with Gasteiger partial charge in [0.2, 0.25) is 11.6 Å². The molecule has 118 valence electrons. The Bertz CT molecular complexity index is 494. The van der Waals surface area contributed by atoms with Gasteiger partial charge in [0.25, 0.3) is 0 Å². The molecule has 0 spiro atoms. The molecule has 0 aromatic carbocycles. The van der Waals surface area contributed by atoms with Gasteiger partial charge >= 0.3 is 5.97 Å². The van der Waals surface area contributed by atoms with Crippen molar-refractivity contribution in [3.05, 3.63) is 23.9 Å². The fourth-order valence-electron chi connectivity index (χ4n) is 1.55. The van der Waals surface area contributed by atoms with Gasteiger partial charge in [0.05, 0.1) is 6.10 Å². The first-order valence-electron chi connectivity index (χ1n) is 6.73. The van der Waals surface area contributed by atoms with Crippen molar-refractivity contribution in [2.45, 2.75) is 51.8 Å². The molecule has 0 saturated carbocycles. The third kappa shape index (κ3) is 4.30. The molecule has 0 aliphatic heterocycles. The minimum Gasteiger partial charge on any atom is -0.460 e. The van der Waals surface area contributed by atoms with Gasteiger partial charge in [-0.2, -0.15) is 0 Å². The summed E-state index contributed by atoms with van der Waals surface area (Å²) in [6.45, 7) is 8.44. The summed E-state index contributed by atoms with van der Waals surface area (Å²) < 4.78 is 19.7. The SMILES string of the molecule is CC(C)OC(=O)C1(F)C=C(NC(=O)C(C)(C)C)C=CC1Cl. The predicted molar refractivity (Wildman–Crippen MR) is 79.5 cm³/mol. The van der Waals surface area contributed by atoms with Gasteiger partial charge in [0.1, 0.15) is 5.38 Å². The number of nitrogens with one attached hydrogen (secondary N) is 1. The fraction of sp³-hybridized carbons (Fsp3) is 0.600. The average molecular weight is 318 g/mol. The van der Waals surface area contributed by atoms with Crippen LogP contribution in [0.25, 0.3) is 0 Å². The zero-order chi connectivity index (χ0) is 16.4. The van der Waals surface area contributed by atoms with Crippen LogP contribution in [0.15, 0.2) is 23.9 Å². The zero-order valence-corrected chi connectivity index (χ0v) is 13.6. The van der Waals surface area contributed by atoms with Gasteiger partial charge in [-0.3, -0.25) is 4.79 Å². The molecule has 2 unspecified atom stereocenters. The Labute approximate surface area is 129 Å². The van der Waals surface area contributed by atoms with E-state index < -0.39 is 28.5 Å². The molecule has 6 heteroatoms. The second-order valence-electron chi connectivity index (χ2n) is 6.29. The highest BCUT2D eigenvalue weighted by Crippen LogP contribution is 2.31. The van der Waals surface area contributed by atoms with Crippen LogP contribution in [0.3, 0.4) is 0 Å². The maximum atomic E-state index is 14.8. The molecular weight excluding hydrogens is 297 g/mol. The van der Waals surface area contributed by atoms with Crippen LogP contribution in [0.5, 0.6) is 0 Å². The molecule has 1 rings (SSSR count). The molecule has 0 heterocycles. The van der Waals surface area contributed by atoms with Crippen LogP contribution in [0.2, 0.25) is 0 Å². The highest BCUT2D eigenvalue weighted by Gasteiger charge is 2.47. The minimum atomic E-state index is -2.50. The van der Waals surface area contributed by atoms with E-state index in [0.717, 1.165) is 6.08 Å². The first-order valence-corrected chi connectivity index (χ1v) is 7.17. The van der Waals surface area contributed by atoms with Crippen molar-refractivity contribution in [2.24, 2.45) is 5.41 Å².